The van der Waals surface area contributed by atoms with E-state index in [0.29, 0.717) is 23.3 Å². The number of halogens is 2. The third kappa shape index (κ3) is 5.28. The molecule has 1 aromatic carbocycles. The molecule has 1 heterocycles. The summed E-state index contributed by atoms with van der Waals surface area (Å²) in [4.78, 5) is 11.0. The number of nitrogen functional groups attached to an aromatic ring is 1. The van der Waals surface area contributed by atoms with E-state index in [0.717, 1.165) is 5.56 Å². The van der Waals surface area contributed by atoms with Crippen LogP contribution in [0.1, 0.15) is 18.3 Å². The van der Waals surface area contributed by atoms with Gasteiger partial charge < -0.3 is 15.3 Å². The van der Waals surface area contributed by atoms with Crippen molar-refractivity contribution in [3.63, 3.8) is 0 Å². The van der Waals surface area contributed by atoms with Gasteiger partial charge in [-0.15, -0.1) is 35.0 Å². The first-order valence-corrected chi connectivity index (χ1v) is 6.34. The van der Waals surface area contributed by atoms with Gasteiger partial charge in [0.05, 0.1) is 13.3 Å². The number of aromatic nitrogens is 3. The standard InChI is InChI=1S/C13H16N6O3.2ClH/c1-8-16-18-13(19(8)14)17-15-7-10-4-5-11(22-9(2)20)12(6-10)21-3;;/h4-7H,14H2,1-3H3,(H,17,18);2*1H/b15-7+;;. The predicted octanol–water partition coefficient (Wildman–Crippen LogP) is 1.52. The molecule has 24 heavy (non-hydrogen) atoms. The van der Waals surface area contributed by atoms with E-state index in [1.165, 1.54) is 18.7 Å². The summed E-state index contributed by atoms with van der Waals surface area (Å²) < 4.78 is 11.5. The van der Waals surface area contributed by atoms with Gasteiger partial charge in [0.15, 0.2) is 17.3 Å². The Bertz CT molecular complexity index is 720. The van der Waals surface area contributed by atoms with Crippen molar-refractivity contribution < 1.29 is 14.3 Å². The highest BCUT2D eigenvalue weighted by Gasteiger charge is 2.07. The number of hydrazone groups is 1. The Hall–Kier alpha value is -2.52. The first-order valence-electron chi connectivity index (χ1n) is 6.34. The maximum atomic E-state index is 11.0. The first kappa shape index (κ1) is 21.5. The van der Waals surface area contributed by atoms with Crippen LogP contribution in [0, 0.1) is 6.92 Å². The highest BCUT2D eigenvalue weighted by Crippen LogP contribution is 2.27. The van der Waals surface area contributed by atoms with Gasteiger partial charge in [-0.1, -0.05) is 0 Å². The molecular weight excluding hydrogens is 359 g/mol. The fraction of sp³-hybridized carbons (Fsp3) is 0.231. The molecule has 0 spiro atoms. The number of hydrogen-bond acceptors (Lipinski definition) is 8. The number of nitrogens with one attached hydrogen (secondary N) is 1. The lowest BCUT2D eigenvalue weighted by atomic mass is 10.2. The molecule has 1 aromatic heterocycles. The summed E-state index contributed by atoms with van der Waals surface area (Å²) >= 11 is 0. The van der Waals surface area contributed by atoms with Crippen LogP contribution in [0.2, 0.25) is 0 Å². The maximum Gasteiger partial charge on any atom is 0.308 e. The van der Waals surface area contributed by atoms with Crippen molar-refractivity contribution in [3.8, 4) is 11.5 Å². The van der Waals surface area contributed by atoms with Crippen LogP contribution in [0.5, 0.6) is 11.5 Å². The number of hydrogen-bond donors (Lipinski definition) is 2. The number of esters is 1. The second-order valence-corrected chi connectivity index (χ2v) is 4.31. The van der Waals surface area contributed by atoms with Crippen LogP contribution in [0.3, 0.4) is 0 Å². The highest BCUT2D eigenvalue weighted by atomic mass is 35.5. The molecule has 0 atom stereocenters. The average molecular weight is 377 g/mol. The van der Waals surface area contributed by atoms with Gasteiger partial charge in [-0.25, -0.2) is 10.1 Å². The Balaban J connectivity index is 0.00000264. The number of rotatable bonds is 5. The number of carbonyl (C=O) groups is 1. The molecule has 0 unspecified atom stereocenters. The fourth-order valence-electron chi connectivity index (χ4n) is 1.61. The summed E-state index contributed by atoms with van der Waals surface area (Å²) in [6.45, 7) is 3.05. The van der Waals surface area contributed by atoms with E-state index in [9.17, 15) is 4.79 Å². The summed E-state index contributed by atoms with van der Waals surface area (Å²) in [5, 5.41) is 11.6. The molecule has 0 radical (unpaired) electrons. The minimum absolute atomic E-state index is 0. The van der Waals surface area contributed by atoms with Crippen LogP contribution in [0.25, 0.3) is 0 Å². The number of nitrogens with zero attached hydrogens (tertiary/aromatic N) is 4. The van der Waals surface area contributed by atoms with Crippen molar-refractivity contribution in [2.24, 2.45) is 5.10 Å². The van der Waals surface area contributed by atoms with E-state index in [1.54, 1.807) is 31.3 Å². The van der Waals surface area contributed by atoms with Crippen molar-refractivity contribution in [3.05, 3.63) is 29.6 Å². The fourth-order valence-corrected chi connectivity index (χ4v) is 1.61. The number of methoxy groups -OCH3 is 1. The predicted molar refractivity (Wildman–Crippen MR) is 94.9 cm³/mol. The number of aryl methyl sites for hydroxylation is 1. The molecule has 0 fully saturated rings. The zero-order valence-electron chi connectivity index (χ0n) is 13.2. The molecule has 2 aromatic rings. The number of carbonyl (C=O) groups excluding carboxylic acids is 1. The lowest BCUT2D eigenvalue weighted by molar-refractivity contribution is -0.132. The normalized spacial score (nSPS) is 9.79. The van der Waals surface area contributed by atoms with E-state index in [4.69, 9.17) is 15.3 Å². The van der Waals surface area contributed by atoms with Gasteiger partial charge in [0.2, 0.25) is 0 Å². The molecule has 0 aliphatic carbocycles. The summed E-state index contributed by atoms with van der Waals surface area (Å²) in [6.07, 6.45) is 1.55. The van der Waals surface area contributed by atoms with Crippen molar-refractivity contribution in [2.75, 3.05) is 18.4 Å². The number of benzene rings is 1. The molecule has 132 valence electrons. The molecule has 0 aliphatic heterocycles. The quantitative estimate of drug-likeness (QED) is 0.267. The smallest absolute Gasteiger partial charge is 0.308 e. The Morgan fingerprint density at radius 3 is 2.58 bits per heavy atom. The summed E-state index contributed by atoms with van der Waals surface area (Å²) in [6, 6.07) is 5.03. The monoisotopic (exact) mass is 376 g/mol. The van der Waals surface area contributed by atoms with Gasteiger partial charge in [0, 0.05) is 6.92 Å². The lowest BCUT2D eigenvalue weighted by Gasteiger charge is -2.08. The molecule has 2 rings (SSSR count). The number of ether oxygens (including phenoxy) is 2. The van der Waals surface area contributed by atoms with Crippen LogP contribution in [-0.4, -0.2) is 34.2 Å². The van der Waals surface area contributed by atoms with Gasteiger partial charge in [-0.2, -0.15) is 5.10 Å². The molecule has 0 amide bonds. The third-order valence-electron chi connectivity index (χ3n) is 2.69. The van der Waals surface area contributed by atoms with Crippen LogP contribution in [-0.2, 0) is 4.79 Å². The molecule has 9 nitrogen and oxygen atoms in total. The van der Waals surface area contributed by atoms with Gasteiger partial charge in [-0.05, 0) is 30.7 Å². The minimum atomic E-state index is -0.418. The van der Waals surface area contributed by atoms with Gasteiger partial charge in [0.25, 0.3) is 5.95 Å². The van der Waals surface area contributed by atoms with Crippen LogP contribution in [0.15, 0.2) is 23.3 Å². The Morgan fingerprint density at radius 1 is 1.33 bits per heavy atom. The highest BCUT2D eigenvalue weighted by molar-refractivity contribution is 5.85. The minimum Gasteiger partial charge on any atom is -0.493 e. The molecule has 11 heteroatoms. The SMILES string of the molecule is COc1cc(/C=N/Nc2nnc(C)n2N)ccc1OC(C)=O.Cl.Cl. The molecule has 3 N–H and O–H groups in total. The summed E-state index contributed by atoms with van der Waals surface area (Å²) in [7, 11) is 1.49. The zero-order chi connectivity index (χ0) is 16.1. The summed E-state index contributed by atoms with van der Waals surface area (Å²) in [5.74, 6) is 6.91. The lowest BCUT2D eigenvalue weighted by Crippen LogP contribution is -2.13. The van der Waals surface area contributed by atoms with Crippen molar-refractivity contribution in [1.82, 2.24) is 14.9 Å². The Labute approximate surface area is 151 Å². The second-order valence-electron chi connectivity index (χ2n) is 4.31. The third-order valence-corrected chi connectivity index (χ3v) is 2.69. The molecule has 0 saturated heterocycles. The molecular formula is C13H18Cl2N6O3. The van der Waals surface area contributed by atoms with Crippen molar-refractivity contribution in [1.29, 1.82) is 0 Å². The van der Waals surface area contributed by atoms with Crippen LogP contribution in [0.4, 0.5) is 5.95 Å². The largest absolute Gasteiger partial charge is 0.493 e. The van der Waals surface area contributed by atoms with Gasteiger partial charge >= 0.3 is 5.97 Å². The van der Waals surface area contributed by atoms with Gasteiger partial charge in [-0.3, -0.25) is 4.79 Å². The first-order chi connectivity index (χ1) is 10.5. The van der Waals surface area contributed by atoms with E-state index < -0.39 is 5.97 Å². The molecule has 0 saturated carbocycles. The summed E-state index contributed by atoms with van der Waals surface area (Å²) in [5.41, 5.74) is 3.41. The van der Waals surface area contributed by atoms with Crippen molar-refractivity contribution in [2.45, 2.75) is 13.8 Å². The number of anilines is 1. The topological polar surface area (TPSA) is 117 Å². The Morgan fingerprint density at radius 2 is 2.04 bits per heavy atom. The van der Waals surface area contributed by atoms with E-state index >= 15 is 0 Å². The van der Waals surface area contributed by atoms with E-state index in [-0.39, 0.29) is 24.8 Å². The maximum absolute atomic E-state index is 11.0. The second kappa shape index (κ2) is 9.58. The Kier molecular flexibility index (Phi) is 8.58. The zero-order valence-corrected chi connectivity index (χ0v) is 14.8. The van der Waals surface area contributed by atoms with Gasteiger partial charge in [0.1, 0.15) is 0 Å². The van der Waals surface area contributed by atoms with E-state index in [1.807, 2.05) is 0 Å². The molecule has 0 aliphatic rings. The van der Waals surface area contributed by atoms with E-state index in [2.05, 4.69) is 20.7 Å². The molecule has 0 bridgehead atoms. The number of nitrogens with two attached hydrogens (primary N) is 1. The van der Waals surface area contributed by atoms with Crippen LogP contribution < -0.4 is 20.7 Å². The van der Waals surface area contributed by atoms with Crippen molar-refractivity contribution >= 4 is 42.9 Å². The average Bonchev–Trinajstić information content (AvgIpc) is 2.80. The van der Waals surface area contributed by atoms with Crippen LogP contribution >= 0.6 is 24.8 Å².